The quantitative estimate of drug-likeness (QED) is 0.616. The zero-order valence-electron chi connectivity index (χ0n) is 12.3. The third kappa shape index (κ3) is 4.25. The zero-order chi connectivity index (χ0) is 15.1. The van der Waals surface area contributed by atoms with E-state index in [-0.39, 0.29) is 5.91 Å². The molecule has 0 spiro atoms. The van der Waals surface area contributed by atoms with Gasteiger partial charge >= 0.3 is 0 Å². The number of benzene rings is 1. The van der Waals surface area contributed by atoms with E-state index < -0.39 is 0 Å². The Bertz CT molecular complexity index is 505. The summed E-state index contributed by atoms with van der Waals surface area (Å²) in [6.07, 6.45) is 0.347. The Kier molecular flexibility index (Phi) is 6.01. The topological polar surface area (TPSA) is 82.2 Å². The van der Waals surface area contributed by atoms with Crippen LogP contribution in [0.25, 0.3) is 0 Å². The third-order valence-corrected chi connectivity index (χ3v) is 2.99. The molecule has 3 N–H and O–H groups in total. The van der Waals surface area contributed by atoms with Crippen LogP contribution in [-0.2, 0) is 0 Å². The smallest absolute Gasteiger partial charge is 0.254 e. The number of hydrogen-bond donors (Lipinski definition) is 2. The fraction of sp³-hybridized carbons (Fsp3) is 0.467. The normalized spacial score (nSPS) is 10.2. The fourth-order valence-corrected chi connectivity index (χ4v) is 2.07. The van der Waals surface area contributed by atoms with Gasteiger partial charge in [-0.1, -0.05) is 13.8 Å². The maximum absolute atomic E-state index is 12.6. The lowest BCUT2D eigenvalue weighted by atomic mass is 10.1. The molecule has 0 bridgehead atoms. The molecule has 20 heavy (non-hydrogen) atoms. The van der Waals surface area contributed by atoms with Crippen LogP contribution in [0.4, 0.5) is 5.69 Å². The van der Waals surface area contributed by atoms with Crippen molar-refractivity contribution in [3.05, 3.63) is 29.3 Å². The molecule has 0 unspecified atom stereocenters. The summed E-state index contributed by atoms with van der Waals surface area (Å²) in [6.45, 7) is 7.11. The van der Waals surface area contributed by atoms with Crippen LogP contribution in [-0.4, -0.2) is 23.9 Å². The molecule has 5 nitrogen and oxygen atoms in total. The number of anilines is 1. The minimum atomic E-state index is -0.0324. The predicted octanol–water partition coefficient (Wildman–Crippen LogP) is 2.29. The Hall–Kier alpha value is -2.06. The molecule has 0 aromatic heterocycles. The van der Waals surface area contributed by atoms with Gasteiger partial charge in [-0.3, -0.25) is 10.6 Å². The first-order chi connectivity index (χ1) is 9.49. The summed E-state index contributed by atoms with van der Waals surface area (Å²) in [7, 11) is 0. The summed E-state index contributed by atoms with van der Waals surface area (Å²) < 4.78 is 0. The number of nitrogens with one attached hydrogen (secondary N) is 1. The molecule has 108 valence electrons. The van der Waals surface area contributed by atoms with Crippen molar-refractivity contribution in [2.75, 3.05) is 18.5 Å². The van der Waals surface area contributed by atoms with Gasteiger partial charge in [-0.2, -0.15) is 5.26 Å². The minimum Gasteiger partial charge on any atom is -0.337 e. The van der Waals surface area contributed by atoms with Crippen molar-refractivity contribution < 1.29 is 4.79 Å². The summed E-state index contributed by atoms with van der Waals surface area (Å²) in [5.74, 6) is 5.69. The molecule has 0 heterocycles. The van der Waals surface area contributed by atoms with Crippen LogP contribution in [0.3, 0.4) is 0 Å². The molecule has 0 fully saturated rings. The highest BCUT2D eigenvalue weighted by molar-refractivity contribution is 5.96. The maximum Gasteiger partial charge on any atom is 0.254 e. The van der Waals surface area contributed by atoms with Gasteiger partial charge in [0.2, 0.25) is 0 Å². The number of hydrogen-bond acceptors (Lipinski definition) is 4. The van der Waals surface area contributed by atoms with E-state index in [4.69, 9.17) is 11.1 Å². The second kappa shape index (κ2) is 7.51. The summed E-state index contributed by atoms with van der Waals surface area (Å²) in [4.78, 5) is 14.3. The Morgan fingerprint density at radius 2 is 2.20 bits per heavy atom. The average Bonchev–Trinajstić information content (AvgIpc) is 2.42. The Morgan fingerprint density at radius 3 is 2.70 bits per heavy atom. The molecule has 0 saturated heterocycles. The van der Waals surface area contributed by atoms with E-state index in [1.54, 1.807) is 17.0 Å². The standard InChI is InChI=1S/C15H22N4O/c1-11(2)10-19(8-4-7-16)15(20)14-6-5-13(18-17)9-12(14)3/h5-6,9,11,18H,4,8,10,17H2,1-3H3. The van der Waals surface area contributed by atoms with Crippen LogP contribution in [0.2, 0.25) is 0 Å². The second-order valence-corrected chi connectivity index (χ2v) is 5.23. The van der Waals surface area contributed by atoms with E-state index in [0.29, 0.717) is 31.0 Å². The molecule has 0 aliphatic heterocycles. The van der Waals surface area contributed by atoms with E-state index in [0.717, 1.165) is 11.3 Å². The van der Waals surface area contributed by atoms with Crippen molar-refractivity contribution >= 4 is 11.6 Å². The SMILES string of the molecule is Cc1cc(NN)ccc1C(=O)N(CCC#N)CC(C)C. The molecular weight excluding hydrogens is 252 g/mol. The van der Waals surface area contributed by atoms with Gasteiger partial charge in [0.15, 0.2) is 0 Å². The number of nitrogens with zero attached hydrogens (tertiary/aromatic N) is 2. The number of hydrazine groups is 1. The van der Waals surface area contributed by atoms with Crippen molar-refractivity contribution in [2.24, 2.45) is 11.8 Å². The van der Waals surface area contributed by atoms with Gasteiger partial charge in [0.25, 0.3) is 5.91 Å². The summed E-state index contributed by atoms with van der Waals surface area (Å²) in [6, 6.07) is 7.47. The van der Waals surface area contributed by atoms with Crippen LogP contribution in [0, 0.1) is 24.2 Å². The molecule has 0 atom stereocenters. The summed E-state index contributed by atoms with van der Waals surface area (Å²) >= 11 is 0. The first-order valence-corrected chi connectivity index (χ1v) is 6.73. The molecule has 0 aliphatic rings. The van der Waals surface area contributed by atoms with Crippen molar-refractivity contribution in [1.29, 1.82) is 5.26 Å². The highest BCUT2D eigenvalue weighted by Gasteiger charge is 2.18. The molecule has 1 rings (SSSR count). The van der Waals surface area contributed by atoms with Gasteiger partial charge in [-0.15, -0.1) is 0 Å². The van der Waals surface area contributed by atoms with Crippen molar-refractivity contribution in [1.82, 2.24) is 4.90 Å². The second-order valence-electron chi connectivity index (χ2n) is 5.23. The van der Waals surface area contributed by atoms with Crippen LogP contribution < -0.4 is 11.3 Å². The van der Waals surface area contributed by atoms with Gasteiger partial charge < -0.3 is 10.3 Å². The highest BCUT2D eigenvalue weighted by atomic mass is 16.2. The largest absolute Gasteiger partial charge is 0.337 e. The minimum absolute atomic E-state index is 0.0324. The first kappa shape index (κ1) is 16.0. The van der Waals surface area contributed by atoms with Gasteiger partial charge in [0.05, 0.1) is 12.5 Å². The fourth-order valence-electron chi connectivity index (χ4n) is 2.07. The number of nitrogen functional groups attached to an aromatic ring is 1. The molecular formula is C15H22N4O. The predicted molar refractivity (Wildman–Crippen MR) is 80.0 cm³/mol. The van der Waals surface area contributed by atoms with Crippen LogP contribution >= 0.6 is 0 Å². The number of nitrogens with two attached hydrogens (primary N) is 1. The van der Waals surface area contributed by atoms with E-state index in [1.165, 1.54) is 0 Å². The Morgan fingerprint density at radius 1 is 1.50 bits per heavy atom. The Balaban J connectivity index is 2.96. The van der Waals surface area contributed by atoms with Crippen LogP contribution in [0.15, 0.2) is 18.2 Å². The number of carbonyl (C=O) groups excluding carboxylic acids is 1. The highest BCUT2D eigenvalue weighted by Crippen LogP contribution is 2.17. The van der Waals surface area contributed by atoms with Crippen molar-refractivity contribution in [2.45, 2.75) is 27.2 Å². The summed E-state index contributed by atoms with van der Waals surface area (Å²) in [5, 5.41) is 8.71. The van der Waals surface area contributed by atoms with Crippen LogP contribution in [0.5, 0.6) is 0 Å². The Labute approximate surface area is 120 Å². The lowest BCUT2D eigenvalue weighted by Gasteiger charge is -2.24. The van der Waals surface area contributed by atoms with Gasteiger partial charge in [-0.05, 0) is 36.6 Å². The number of amides is 1. The van der Waals surface area contributed by atoms with Gasteiger partial charge in [-0.25, -0.2) is 0 Å². The molecule has 0 radical (unpaired) electrons. The lowest BCUT2D eigenvalue weighted by molar-refractivity contribution is 0.0739. The lowest BCUT2D eigenvalue weighted by Crippen LogP contribution is -2.35. The average molecular weight is 274 g/mol. The van der Waals surface area contributed by atoms with Crippen LogP contribution in [0.1, 0.15) is 36.2 Å². The molecule has 1 amide bonds. The van der Waals surface area contributed by atoms with E-state index in [2.05, 4.69) is 25.3 Å². The van der Waals surface area contributed by atoms with Gasteiger partial charge in [0.1, 0.15) is 0 Å². The van der Waals surface area contributed by atoms with E-state index in [9.17, 15) is 4.79 Å². The van der Waals surface area contributed by atoms with E-state index in [1.807, 2.05) is 13.0 Å². The summed E-state index contributed by atoms with van der Waals surface area (Å²) in [5.41, 5.74) is 4.86. The van der Waals surface area contributed by atoms with Crippen molar-refractivity contribution in [3.8, 4) is 6.07 Å². The number of aryl methyl sites for hydroxylation is 1. The maximum atomic E-state index is 12.6. The number of nitriles is 1. The molecule has 1 aromatic rings. The monoisotopic (exact) mass is 274 g/mol. The third-order valence-electron chi connectivity index (χ3n) is 2.99. The molecule has 0 aliphatic carbocycles. The first-order valence-electron chi connectivity index (χ1n) is 6.73. The zero-order valence-corrected chi connectivity index (χ0v) is 12.3. The van der Waals surface area contributed by atoms with Gasteiger partial charge in [0, 0.05) is 24.3 Å². The molecule has 0 saturated carbocycles. The number of carbonyl (C=O) groups is 1. The van der Waals surface area contributed by atoms with E-state index >= 15 is 0 Å². The van der Waals surface area contributed by atoms with Crippen molar-refractivity contribution in [3.63, 3.8) is 0 Å². The molecule has 5 heteroatoms. The number of rotatable bonds is 6. The molecule has 1 aromatic carbocycles.